The van der Waals surface area contributed by atoms with Gasteiger partial charge < -0.3 is 0 Å². The Morgan fingerprint density at radius 1 is 1.46 bits per heavy atom. The Balaban J connectivity index is 2.61. The maximum atomic E-state index is 10.4. The molecule has 0 aliphatic heterocycles. The van der Waals surface area contributed by atoms with Crippen molar-refractivity contribution in [3.8, 4) is 0 Å². The summed E-state index contributed by atoms with van der Waals surface area (Å²) >= 11 is 5.52. The maximum Gasteiger partial charge on any atom is 0.265 e. The van der Waals surface area contributed by atoms with E-state index >= 15 is 0 Å². The third-order valence-electron chi connectivity index (χ3n) is 1.44. The molecule has 72 valence electrons. The zero-order chi connectivity index (χ0) is 9.90. The molecule has 0 fully saturated rings. The van der Waals surface area contributed by atoms with Crippen molar-refractivity contribution in [3.05, 3.63) is 29.0 Å². The zero-order valence-electron chi connectivity index (χ0n) is 6.64. The lowest BCUT2D eigenvalue weighted by Gasteiger charge is -1.98. The van der Waals surface area contributed by atoms with Crippen LogP contribution in [0.2, 0.25) is 5.15 Å². The van der Waals surface area contributed by atoms with E-state index in [0.29, 0.717) is 5.15 Å². The summed E-state index contributed by atoms with van der Waals surface area (Å²) in [5.41, 5.74) is 0.724. The van der Waals surface area contributed by atoms with E-state index in [1.54, 1.807) is 12.1 Å². The molecule has 0 unspecified atom stereocenters. The van der Waals surface area contributed by atoms with Gasteiger partial charge in [0.25, 0.3) is 10.1 Å². The van der Waals surface area contributed by atoms with Crippen LogP contribution in [0.3, 0.4) is 0 Å². The van der Waals surface area contributed by atoms with Gasteiger partial charge in [0.2, 0.25) is 0 Å². The van der Waals surface area contributed by atoms with Crippen molar-refractivity contribution in [2.24, 2.45) is 0 Å². The molecule has 0 bridgehead atoms. The largest absolute Gasteiger partial charge is 0.286 e. The summed E-state index contributed by atoms with van der Waals surface area (Å²) in [6.45, 7) is 0. The molecule has 0 amide bonds. The molecule has 0 radical (unpaired) electrons. The lowest BCUT2D eigenvalue weighted by molar-refractivity contribution is 0.482. The number of pyridine rings is 1. The van der Waals surface area contributed by atoms with Gasteiger partial charge in [0.15, 0.2) is 0 Å². The molecule has 0 saturated heterocycles. The van der Waals surface area contributed by atoms with Crippen molar-refractivity contribution in [1.82, 2.24) is 4.98 Å². The minimum Gasteiger partial charge on any atom is -0.286 e. The fourth-order valence-electron chi connectivity index (χ4n) is 0.801. The molecule has 0 aliphatic carbocycles. The van der Waals surface area contributed by atoms with Crippen molar-refractivity contribution in [1.29, 1.82) is 0 Å². The summed E-state index contributed by atoms with van der Waals surface area (Å²) in [5, 5.41) is 0.357. The highest BCUT2D eigenvalue weighted by molar-refractivity contribution is 7.85. The molecule has 13 heavy (non-hydrogen) atoms. The van der Waals surface area contributed by atoms with E-state index in [-0.39, 0.29) is 12.2 Å². The first-order chi connectivity index (χ1) is 5.97. The fraction of sp³-hybridized carbons (Fsp3) is 0.286. The Hall–Kier alpha value is -0.650. The Kier molecular flexibility index (Phi) is 3.24. The van der Waals surface area contributed by atoms with Gasteiger partial charge in [-0.1, -0.05) is 17.7 Å². The normalized spacial score (nSPS) is 11.5. The minimum absolute atomic E-state index is 0.239. The highest BCUT2D eigenvalue weighted by Gasteiger charge is 2.04. The van der Waals surface area contributed by atoms with Crippen LogP contribution in [0.5, 0.6) is 0 Å². The first-order valence-electron chi connectivity index (χ1n) is 3.53. The van der Waals surface area contributed by atoms with Gasteiger partial charge in [-0.05, 0) is 18.1 Å². The van der Waals surface area contributed by atoms with E-state index in [1.807, 2.05) is 0 Å². The molecule has 1 aromatic rings. The molecule has 0 spiro atoms. The van der Waals surface area contributed by atoms with Crippen molar-refractivity contribution >= 4 is 21.7 Å². The second kappa shape index (κ2) is 4.04. The Labute approximate surface area is 81.3 Å². The highest BCUT2D eigenvalue weighted by atomic mass is 35.5. The van der Waals surface area contributed by atoms with Gasteiger partial charge in [-0.3, -0.25) is 4.55 Å². The first kappa shape index (κ1) is 10.4. The second-order valence-electron chi connectivity index (χ2n) is 2.53. The van der Waals surface area contributed by atoms with Crippen LogP contribution in [0.25, 0.3) is 0 Å². The third kappa shape index (κ3) is 4.21. The number of hydrogen-bond acceptors (Lipinski definition) is 3. The summed E-state index contributed by atoms with van der Waals surface area (Å²) in [5.74, 6) is -0.295. The molecule has 1 heterocycles. The summed E-state index contributed by atoms with van der Waals surface area (Å²) in [4.78, 5) is 3.77. The number of hydrogen-bond donors (Lipinski definition) is 1. The monoisotopic (exact) mass is 221 g/mol. The fourth-order valence-corrected chi connectivity index (χ4v) is 1.41. The number of aromatic nitrogens is 1. The lowest BCUT2D eigenvalue weighted by Crippen LogP contribution is -2.06. The van der Waals surface area contributed by atoms with E-state index in [4.69, 9.17) is 16.2 Å². The van der Waals surface area contributed by atoms with E-state index in [9.17, 15) is 8.42 Å². The van der Waals surface area contributed by atoms with Crippen LogP contribution < -0.4 is 0 Å². The molecule has 1 N–H and O–H groups in total. The van der Waals surface area contributed by atoms with Crippen molar-refractivity contribution in [3.63, 3.8) is 0 Å². The van der Waals surface area contributed by atoms with Crippen LogP contribution in [0.1, 0.15) is 5.56 Å². The minimum atomic E-state index is -3.89. The van der Waals surface area contributed by atoms with Gasteiger partial charge in [-0.25, -0.2) is 4.98 Å². The average molecular weight is 222 g/mol. The molecule has 0 aromatic carbocycles. The third-order valence-corrected chi connectivity index (χ3v) is 2.38. The van der Waals surface area contributed by atoms with Crippen LogP contribution in [0.4, 0.5) is 0 Å². The van der Waals surface area contributed by atoms with E-state index in [2.05, 4.69) is 4.98 Å². The van der Waals surface area contributed by atoms with Crippen molar-refractivity contribution in [2.45, 2.75) is 6.42 Å². The predicted molar refractivity (Wildman–Crippen MR) is 49.4 cm³/mol. The van der Waals surface area contributed by atoms with E-state index < -0.39 is 10.1 Å². The zero-order valence-corrected chi connectivity index (χ0v) is 8.22. The molecular weight excluding hydrogens is 214 g/mol. The second-order valence-corrected chi connectivity index (χ2v) is 4.48. The number of rotatable bonds is 3. The maximum absolute atomic E-state index is 10.4. The lowest BCUT2D eigenvalue weighted by atomic mass is 10.2. The summed E-state index contributed by atoms with van der Waals surface area (Å²) < 4.78 is 29.2. The van der Waals surface area contributed by atoms with Gasteiger partial charge in [0.1, 0.15) is 5.15 Å². The van der Waals surface area contributed by atoms with Crippen molar-refractivity contribution < 1.29 is 13.0 Å². The van der Waals surface area contributed by atoms with Crippen LogP contribution >= 0.6 is 11.6 Å². The van der Waals surface area contributed by atoms with Gasteiger partial charge in [0.05, 0.1) is 5.75 Å². The van der Waals surface area contributed by atoms with Gasteiger partial charge in [-0.15, -0.1) is 0 Å². The predicted octanol–water partition coefficient (Wildman–Crippen LogP) is 1.17. The molecule has 0 saturated carbocycles. The first-order valence-corrected chi connectivity index (χ1v) is 5.52. The molecule has 0 aliphatic rings. The quantitative estimate of drug-likeness (QED) is 0.615. The number of aryl methyl sites for hydroxylation is 1. The van der Waals surface area contributed by atoms with Crippen LogP contribution in [0.15, 0.2) is 18.3 Å². The van der Waals surface area contributed by atoms with E-state index in [0.717, 1.165) is 5.56 Å². The smallest absolute Gasteiger partial charge is 0.265 e. The van der Waals surface area contributed by atoms with Crippen LogP contribution in [-0.2, 0) is 16.5 Å². The van der Waals surface area contributed by atoms with Crippen LogP contribution in [0, 0.1) is 0 Å². The topological polar surface area (TPSA) is 67.3 Å². The Bertz CT molecular complexity index is 373. The molecule has 4 nitrogen and oxygen atoms in total. The molecule has 6 heteroatoms. The standard InChI is InChI=1S/C7H8ClNO3S/c8-7-2-1-6(5-9-7)3-4-13(10,11)12/h1-2,5H,3-4H2,(H,10,11,12). The summed E-state index contributed by atoms with van der Waals surface area (Å²) in [6, 6.07) is 3.24. The molecule has 1 aromatic heterocycles. The highest BCUT2D eigenvalue weighted by Crippen LogP contribution is 2.06. The van der Waals surface area contributed by atoms with Gasteiger partial charge in [0, 0.05) is 6.20 Å². The average Bonchev–Trinajstić information content (AvgIpc) is 2.02. The number of halogens is 1. The van der Waals surface area contributed by atoms with E-state index in [1.165, 1.54) is 6.20 Å². The molecule has 0 atom stereocenters. The Morgan fingerprint density at radius 3 is 2.62 bits per heavy atom. The molecular formula is C7H8ClNO3S. The van der Waals surface area contributed by atoms with Gasteiger partial charge >= 0.3 is 0 Å². The number of nitrogens with zero attached hydrogens (tertiary/aromatic N) is 1. The summed E-state index contributed by atoms with van der Waals surface area (Å²) in [6.07, 6.45) is 1.72. The van der Waals surface area contributed by atoms with Crippen LogP contribution in [-0.4, -0.2) is 23.7 Å². The van der Waals surface area contributed by atoms with Crippen molar-refractivity contribution in [2.75, 3.05) is 5.75 Å². The van der Waals surface area contributed by atoms with Gasteiger partial charge in [-0.2, -0.15) is 8.42 Å². The Morgan fingerprint density at radius 2 is 2.15 bits per heavy atom. The summed E-state index contributed by atoms with van der Waals surface area (Å²) in [7, 11) is -3.89. The SMILES string of the molecule is O=S(=O)(O)CCc1ccc(Cl)nc1. The molecule has 1 rings (SSSR count).